The van der Waals surface area contributed by atoms with Gasteiger partial charge in [0.1, 0.15) is 5.83 Å². The molecule has 17 heavy (non-hydrogen) atoms. The number of halogens is 1. The second-order valence-electron chi connectivity index (χ2n) is 3.35. The average Bonchev–Trinajstić information content (AvgIpc) is 2.24. The molecular formula is C12H16FNO3. The van der Waals surface area contributed by atoms with Crippen molar-refractivity contribution in [3.05, 3.63) is 36.2 Å². The van der Waals surface area contributed by atoms with Gasteiger partial charge in [-0.3, -0.25) is 9.59 Å². The van der Waals surface area contributed by atoms with E-state index in [-0.39, 0.29) is 18.5 Å². The lowest BCUT2D eigenvalue weighted by Gasteiger charge is -2.05. The molecule has 94 valence electrons. The molecule has 5 heteroatoms. The van der Waals surface area contributed by atoms with Gasteiger partial charge >= 0.3 is 5.97 Å². The molecule has 0 saturated carbocycles. The predicted molar refractivity (Wildman–Crippen MR) is 63.0 cm³/mol. The number of aliphatic carboxylic acids is 1. The van der Waals surface area contributed by atoms with E-state index in [4.69, 9.17) is 5.11 Å². The molecule has 0 fully saturated rings. The van der Waals surface area contributed by atoms with E-state index in [2.05, 4.69) is 18.5 Å². The van der Waals surface area contributed by atoms with E-state index in [1.54, 1.807) is 6.92 Å². The van der Waals surface area contributed by atoms with Crippen molar-refractivity contribution < 1.29 is 19.1 Å². The number of carboxylic acids is 1. The van der Waals surface area contributed by atoms with E-state index in [1.807, 2.05) is 0 Å². The van der Waals surface area contributed by atoms with Crippen LogP contribution in [0.15, 0.2) is 36.2 Å². The second-order valence-corrected chi connectivity index (χ2v) is 3.35. The van der Waals surface area contributed by atoms with Gasteiger partial charge in [0.05, 0.1) is 6.42 Å². The molecule has 0 bridgehead atoms. The minimum atomic E-state index is -1.00. The minimum Gasteiger partial charge on any atom is -0.481 e. The maximum absolute atomic E-state index is 12.8. The van der Waals surface area contributed by atoms with Gasteiger partial charge in [-0.2, -0.15) is 0 Å². The smallest absolute Gasteiger partial charge is 0.305 e. The maximum atomic E-state index is 12.8. The maximum Gasteiger partial charge on any atom is 0.305 e. The first kappa shape index (κ1) is 15.1. The molecule has 4 nitrogen and oxygen atoms in total. The highest BCUT2D eigenvalue weighted by molar-refractivity contribution is 5.95. The van der Waals surface area contributed by atoms with E-state index in [0.29, 0.717) is 12.0 Å². The summed E-state index contributed by atoms with van der Waals surface area (Å²) in [7, 11) is 0. The van der Waals surface area contributed by atoms with Crippen LogP contribution in [0.4, 0.5) is 4.39 Å². The Morgan fingerprint density at radius 1 is 1.41 bits per heavy atom. The Morgan fingerprint density at radius 2 is 2.00 bits per heavy atom. The Hall–Kier alpha value is -1.91. The van der Waals surface area contributed by atoms with Gasteiger partial charge < -0.3 is 10.4 Å². The van der Waals surface area contributed by atoms with Gasteiger partial charge in [-0.25, -0.2) is 4.39 Å². The SMILES string of the molecule is C=C(/C=C(/CC)C(=C)F)C(=O)NCCC(=O)O. The highest BCUT2D eigenvalue weighted by Crippen LogP contribution is 2.15. The molecule has 0 atom stereocenters. The van der Waals surface area contributed by atoms with E-state index in [1.165, 1.54) is 6.08 Å². The van der Waals surface area contributed by atoms with Crippen LogP contribution in [0.25, 0.3) is 0 Å². The van der Waals surface area contributed by atoms with Gasteiger partial charge in [-0.15, -0.1) is 0 Å². The summed E-state index contributed by atoms with van der Waals surface area (Å²) in [4.78, 5) is 21.6. The lowest BCUT2D eigenvalue weighted by molar-refractivity contribution is -0.136. The van der Waals surface area contributed by atoms with Gasteiger partial charge in [-0.1, -0.05) is 20.1 Å². The molecule has 0 unspecified atom stereocenters. The van der Waals surface area contributed by atoms with Gasteiger partial charge in [0, 0.05) is 12.1 Å². The molecule has 2 N–H and O–H groups in total. The van der Waals surface area contributed by atoms with Crippen molar-refractivity contribution in [1.29, 1.82) is 0 Å². The number of carbonyl (C=O) groups excluding carboxylic acids is 1. The number of carboxylic acid groups (broad SMARTS) is 1. The van der Waals surface area contributed by atoms with Crippen molar-refractivity contribution in [2.75, 3.05) is 6.54 Å². The van der Waals surface area contributed by atoms with E-state index in [9.17, 15) is 14.0 Å². The molecule has 0 aromatic rings. The summed E-state index contributed by atoms with van der Waals surface area (Å²) in [5, 5.41) is 10.7. The third-order valence-corrected chi connectivity index (χ3v) is 1.99. The van der Waals surface area contributed by atoms with Gasteiger partial charge in [-0.05, 0) is 18.1 Å². The summed E-state index contributed by atoms with van der Waals surface area (Å²) in [5.41, 5.74) is 0.370. The molecule has 0 aliphatic rings. The highest BCUT2D eigenvalue weighted by atomic mass is 19.1. The van der Waals surface area contributed by atoms with Crippen molar-refractivity contribution >= 4 is 11.9 Å². The summed E-state index contributed by atoms with van der Waals surface area (Å²) < 4.78 is 12.8. The van der Waals surface area contributed by atoms with Crippen LogP contribution in [0.3, 0.4) is 0 Å². The molecule has 0 rings (SSSR count). The number of rotatable bonds is 7. The molecule has 0 heterocycles. The average molecular weight is 241 g/mol. The Balaban J connectivity index is 4.36. The molecule has 0 saturated heterocycles. The zero-order chi connectivity index (χ0) is 13.4. The van der Waals surface area contributed by atoms with Crippen LogP contribution in [0.1, 0.15) is 19.8 Å². The monoisotopic (exact) mass is 241 g/mol. The zero-order valence-corrected chi connectivity index (χ0v) is 9.75. The topological polar surface area (TPSA) is 66.4 Å². The van der Waals surface area contributed by atoms with Gasteiger partial charge in [0.25, 0.3) is 5.91 Å². The van der Waals surface area contributed by atoms with Crippen molar-refractivity contribution in [3.63, 3.8) is 0 Å². The second kappa shape index (κ2) is 7.38. The summed E-state index contributed by atoms with van der Waals surface area (Å²) in [6.07, 6.45) is 1.54. The fourth-order valence-corrected chi connectivity index (χ4v) is 1.04. The zero-order valence-electron chi connectivity index (χ0n) is 9.75. The quantitative estimate of drug-likeness (QED) is 0.529. The van der Waals surface area contributed by atoms with Gasteiger partial charge in [0.15, 0.2) is 0 Å². The van der Waals surface area contributed by atoms with Gasteiger partial charge in [0.2, 0.25) is 0 Å². The Bertz CT molecular complexity index is 372. The van der Waals surface area contributed by atoms with Crippen LogP contribution < -0.4 is 5.32 Å². The van der Waals surface area contributed by atoms with Crippen LogP contribution in [-0.2, 0) is 9.59 Å². The lowest BCUT2D eigenvalue weighted by Crippen LogP contribution is -2.26. The van der Waals surface area contributed by atoms with Crippen LogP contribution in [0.2, 0.25) is 0 Å². The fourth-order valence-electron chi connectivity index (χ4n) is 1.04. The molecule has 0 aromatic heterocycles. The number of hydrogen-bond acceptors (Lipinski definition) is 2. The number of allylic oxidation sites excluding steroid dienone is 2. The summed E-state index contributed by atoms with van der Waals surface area (Å²) in [6, 6.07) is 0. The predicted octanol–water partition coefficient (Wildman–Crippen LogP) is 1.95. The molecule has 0 aliphatic heterocycles. The van der Waals surface area contributed by atoms with Crippen LogP contribution >= 0.6 is 0 Å². The molecule has 1 amide bonds. The normalized spacial score (nSPS) is 10.8. The molecule has 0 aliphatic carbocycles. The summed E-state index contributed by atoms with van der Waals surface area (Å²) in [6.45, 7) is 8.36. The third-order valence-electron chi connectivity index (χ3n) is 1.99. The number of hydrogen-bond donors (Lipinski definition) is 2. The first-order valence-electron chi connectivity index (χ1n) is 5.12. The standard InChI is InChI=1S/C12H16FNO3/c1-4-10(9(3)13)7-8(2)12(17)14-6-5-11(15)16/h7H,2-6H2,1H3,(H,14,17)(H,15,16)/b10-7-. The first-order valence-corrected chi connectivity index (χ1v) is 5.12. The fraction of sp³-hybridized carbons (Fsp3) is 0.333. The van der Waals surface area contributed by atoms with Crippen LogP contribution in [-0.4, -0.2) is 23.5 Å². The number of carbonyl (C=O) groups is 2. The van der Waals surface area contributed by atoms with Crippen molar-refractivity contribution in [3.8, 4) is 0 Å². The lowest BCUT2D eigenvalue weighted by atomic mass is 10.1. The molecule has 0 spiro atoms. The number of nitrogens with one attached hydrogen (secondary N) is 1. The highest BCUT2D eigenvalue weighted by Gasteiger charge is 2.07. The van der Waals surface area contributed by atoms with Crippen LogP contribution in [0, 0.1) is 0 Å². The van der Waals surface area contributed by atoms with Crippen LogP contribution in [0.5, 0.6) is 0 Å². The minimum absolute atomic E-state index is 0.0130. The van der Waals surface area contributed by atoms with E-state index < -0.39 is 17.7 Å². The summed E-state index contributed by atoms with van der Waals surface area (Å²) in [5.74, 6) is -2.12. The Kier molecular flexibility index (Phi) is 6.55. The Labute approximate surface area is 99.5 Å². The van der Waals surface area contributed by atoms with E-state index >= 15 is 0 Å². The molecule has 0 aromatic carbocycles. The molecular weight excluding hydrogens is 225 g/mol. The largest absolute Gasteiger partial charge is 0.481 e. The third kappa shape index (κ3) is 6.29. The van der Waals surface area contributed by atoms with Crippen molar-refractivity contribution in [2.24, 2.45) is 0 Å². The van der Waals surface area contributed by atoms with Crippen molar-refractivity contribution in [1.82, 2.24) is 5.32 Å². The van der Waals surface area contributed by atoms with E-state index in [0.717, 1.165) is 0 Å². The first-order chi connectivity index (χ1) is 7.88. The Morgan fingerprint density at radius 3 is 2.41 bits per heavy atom. The molecule has 0 radical (unpaired) electrons. The van der Waals surface area contributed by atoms with Crippen molar-refractivity contribution in [2.45, 2.75) is 19.8 Å². The summed E-state index contributed by atoms with van der Waals surface area (Å²) >= 11 is 0. The number of amides is 1.